The van der Waals surface area contributed by atoms with Gasteiger partial charge in [0.25, 0.3) is 0 Å². The van der Waals surface area contributed by atoms with Crippen LogP contribution in [0.25, 0.3) is 0 Å². The second-order valence-corrected chi connectivity index (χ2v) is 2.04. The quantitative estimate of drug-likeness (QED) is 0.302. The zero-order chi connectivity index (χ0) is 8.81. The molecule has 0 aliphatic heterocycles. The van der Waals surface area contributed by atoms with Crippen molar-refractivity contribution in [3.63, 3.8) is 0 Å². The lowest BCUT2D eigenvalue weighted by Gasteiger charge is -1.96. The lowest BCUT2D eigenvalue weighted by atomic mass is 10.3. The molecule has 4 heteroatoms. The standard InChI is InChI=1S/C8H9N3O/c9-11-8-4-3-7(6-10-8)2-1-5-12/h3-4,6,12H,5,9H2,(H,10,11). The van der Waals surface area contributed by atoms with E-state index in [1.54, 1.807) is 18.3 Å². The average molecular weight is 163 g/mol. The second kappa shape index (κ2) is 4.34. The number of nitrogens with zero attached hydrogens (tertiary/aromatic N) is 1. The van der Waals surface area contributed by atoms with Crippen molar-refractivity contribution in [2.45, 2.75) is 0 Å². The first kappa shape index (κ1) is 8.53. The summed E-state index contributed by atoms with van der Waals surface area (Å²) in [5.74, 6) is 10.9. The molecule has 0 bridgehead atoms. The fourth-order valence-corrected chi connectivity index (χ4v) is 0.695. The van der Waals surface area contributed by atoms with Crippen LogP contribution in [0.3, 0.4) is 0 Å². The maximum absolute atomic E-state index is 8.40. The smallest absolute Gasteiger partial charge is 0.139 e. The van der Waals surface area contributed by atoms with E-state index in [4.69, 9.17) is 10.9 Å². The first-order valence-electron chi connectivity index (χ1n) is 3.39. The van der Waals surface area contributed by atoms with E-state index in [2.05, 4.69) is 22.3 Å². The van der Waals surface area contributed by atoms with Crippen LogP contribution in [-0.2, 0) is 0 Å². The van der Waals surface area contributed by atoms with Crippen molar-refractivity contribution >= 4 is 5.82 Å². The predicted molar refractivity (Wildman–Crippen MR) is 46.0 cm³/mol. The van der Waals surface area contributed by atoms with Gasteiger partial charge in [-0.25, -0.2) is 10.8 Å². The molecule has 12 heavy (non-hydrogen) atoms. The normalized spacial score (nSPS) is 8.50. The topological polar surface area (TPSA) is 71.2 Å². The maximum Gasteiger partial charge on any atom is 0.139 e. The molecule has 0 unspecified atom stereocenters. The van der Waals surface area contributed by atoms with E-state index < -0.39 is 0 Å². The maximum atomic E-state index is 8.40. The van der Waals surface area contributed by atoms with Crippen LogP contribution in [0.5, 0.6) is 0 Å². The number of pyridine rings is 1. The van der Waals surface area contributed by atoms with Crippen LogP contribution in [0.1, 0.15) is 5.56 Å². The minimum Gasteiger partial charge on any atom is -0.384 e. The molecule has 0 aromatic carbocycles. The molecule has 0 spiro atoms. The van der Waals surface area contributed by atoms with Gasteiger partial charge in [0.05, 0.1) is 0 Å². The molecule has 4 N–H and O–H groups in total. The highest BCUT2D eigenvalue weighted by Crippen LogP contribution is 2.01. The lowest BCUT2D eigenvalue weighted by Crippen LogP contribution is -2.07. The summed E-state index contributed by atoms with van der Waals surface area (Å²) in [6.45, 7) is -0.142. The first-order chi connectivity index (χ1) is 5.86. The van der Waals surface area contributed by atoms with Crippen LogP contribution in [0.4, 0.5) is 5.82 Å². The second-order valence-electron chi connectivity index (χ2n) is 2.04. The zero-order valence-corrected chi connectivity index (χ0v) is 6.41. The number of rotatable bonds is 1. The van der Waals surface area contributed by atoms with Crippen LogP contribution in [0, 0.1) is 11.8 Å². The molecule has 4 nitrogen and oxygen atoms in total. The molecule has 1 aromatic rings. The molecule has 0 amide bonds. The molecule has 0 aliphatic carbocycles. The van der Waals surface area contributed by atoms with Crippen LogP contribution < -0.4 is 11.3 Å². The molecule has 0 atom stereocenters. The Balaban J connectivity index is 2.78. The molecule has 0 fully saturated rings. The largest absolute Gasteiger partial charge is 0.384 e. The van der Waals surface area contributed by atoms with E-state index >= 15 is 0 Å². The highest BCUT2D eigenvalue weighted by molar-refractivity contribution is 5.39. The number of anilines is 1. The molecule has 0 radical (unpaired) electrons. The van der Waals surface area contributed by atoms with Gasteiger partial charge in [0.1, 0.15) is 12.4 Å². The van der Waals surface area contributed by atoms with Crippen LogP contribution >= 0.6 is 0 Å². The van der Waals surface area contributed by atoms with Crippen molar-refractivity contribution in [3.05, 3.63) is 23.9 Å². The van der Waals surface area contributed by atoms with E-state index in [0.29, 0.717) is 5.82 Å². The third-order valence-corrected chi connectivity index (χ3v) is 1.22. The minimum atomic E-state index is -0.142. The molecule has 1 aromatic heterocycles. The SMILES string of the molecule is NNc1ccc(C#CCO)cn1. The molecule has 0 saturated heterocycles. The zero-order valence-electron chi connectivity index (χ0n) is 6.41. The number of aliphatic hydroxyl groups is 1. The summed E-state index contributed by atoms with van der Waals surface area (Å²) in [4.78, 5) is 3.93. The highest BCUT2D eigenvalue weighted by Gasteiger charge is 1.88. The summed E-state index contributed by atoms with van der Waals surface area (Å²) in [5.41, 5.74) is 3.15. The predicted octanol–water partition coefficient (Wildman–Crippen LogP) is -0.289. The number of hydrogen-bond acceptors (Lipinski definition) is 4. The molecule has 0 aliphatic rings. The summed E-state index contributed by atoms with van der Waals surface area (Å²) in [6.07, 6.45) is 1.58. The fourth-order valence-electron chi connectivity index (χ4n) is 0.695. The van der Waals surface area contributed by atoms with Crippen molar-refractivity contribution < 1.29 is 5.11 Å². The Hall–Kier alpha value is -1.57. The Bertz CT molecular complexity index is 296. The van der Waals surface area contributed by atoms with E-state index in [0.717, 1.165) is 5.56 Å². The van der Waals surface area contributed by atoms with Crippen molar-refractivity contribution in [1.82, 2.24) is 4.98 Å². The van der Waals surface area contributed by atoms with Crippen molar-refractivity contribution in [1.29, 1.82) is 0 Å². The van der Waals surface area contributed by atoms with E-state index in [1.165, 1.54) is 0 Å². The molecular formula is C8H9N3O. The third kappa shape index (κ3) is 2.23. The molecule has 62 valence electrons. The van der Waals surface area contributed by atoms with Crippen molar-refractivity contribution in [3.8, 4) is 11.8 Å². The van der Waals surface area contributed by atoms with Crippen LogP contribution in [0.15, 0.2) is 18.3 Å². The number of hydrogen-bond donors (Lipinski definition) is 3. The van der Waals surface area contributed by atoms with Gasteiger partial charge in [-0.3, -0.25) is 0 Å². The minimum absolute atomic E-state index is 0.142. The fraction of sp³-hybridized carbons (Fsp3) is 0.125. The first-order valence-corrected chi connectivity index (χ1v) is 3.39. The summed E-state index contributed by atoms with van der Waals surface area (Å²) < 4.78 is 0. The van der Waals surface area contributed by atoms with Gasteiger partial charge in [-0.15, -0.1) is 0 Å². The van der Waals surface area contributed by atoms with Gasteiger partial charge >= 0.3 is 0 Å². The van der Waals surface area contributed by atoms with Gasteiger partial charge in [-0.05, 0) is 12.1 Å². The van der Waals surface area contributed by atoms with Crippen molar-refractivity contribution in [2.24, 2.45) is 5.84 Å². The number of hydrazine groups is 1. The van der Waals surface area contributed by atoms with Crippen LogP contribution in [0.2, 0.25) is 0 Å². The van der Waals surface area contributed by atoms with E-state index in [-0.39, 0.29) is 6.61 Å². The summed E-state index contributed by atoms with van der Waals surface area (Å²) in [6, 6.07) is 3.48. The molecule has 0 saturated carbocycles. The Kier molecular flexibility index (Phi) is 3.08. The average Bonchev–Trinajstić information content (AvgIpc) is 2.15. The van der Waals surface area contributed by atoms with E-state index in [1.807, 2.05) is 0 Å². The number of nitrogen functional groups attached to an aromatic ring is 1. The Morgan fingerprint density at radius 2 is 2.42 bits per heavy atom. The number of nitrogens with two attached hydrogens (primary N) is 1. The highest BCUT2D eigenvalue weighted by atomic mass is 16.2. The van der Waals surface area contributed by atoms with Gasteiger partial charge in [-0.2, -0.15) is 0 Å². The van der Waals surface area contributed by atoms with E-state index in [9.17, 15) is 0 Å². The van der Waals surface area contributed by atoms with Gasteiger partial charge in [0.2, 0.25) is 0 Å². The van der Waals surface area contributed by atoms with Gasteiger partial charge < -0.3 is 10.5 Å². The Labute approximate surface area is 70.4 Å². The number of aliphatic hydroxyl groups excluding tert-OH is 1. The van der Waals surface area contributed by atoms with Gasteiger partial charge in [0.15, 0.2) is 0 Å². The number of aromatic nitrogens is 1. The molecule has 1 rings (SSSR count). The molecular weight excluding hydrogens is 154 g/mol. The van der Waals surface area contributed by atoms with Gasteiger partial charge in [-0.1, -0.05) is 11.8 Å². The van der Waals surface area contributed by atoms with Crippen molar-refractivity contribution in [2.75, 3.05) is 12.0 Å². The Morgan fingerprint density at radius 3 is 2.92 bits per heavy atom. The summed E-state index contributed by atoms with van der Waals surface area (Å²) in [5, 5.41) is 8.40. The summed E-state index contributed by atoms with van der Waals surface area (Å²) >= 11 is 0. The third-order valence-electron chi connectivity index (χ3n) is 1.22. The van der Waals surface area contributed by atoms with Crippen LogP contribution in [-0.4, -0.2) is 16.7 Å². The Morgan fingerprint density at radius 1 is 1.58 bits per heavy atom. The lowest BCUT2D eigenvalue weighted by molar-refractivity contribution is 0.350. The van der Waals surface area contributed by atoms with Gasteiger partial charge in [0, 0.05) is 11.8 Å². The number of nitrogens with one attached hydrogen (secondary N) is 1. The molecule has 1 heterocycles. The monoisotopic (exact) mass is 163 g/mol. The summed E-state index contributed by atoms with van der Waals surface area (Å²) in [7, 11) is 0.